The van der Waals surface area contributed by atoms with Gasteiger partial charge in [-0.05, 0) is 86.3 Å². The Bertz CT molecular complexity index is 1250. The molecule has 0 bridgehead atoms. The average molecular weight is 466 g/mol. The summed E-state index contributed by atoms with van der Waals surface area (Å²) >= 11 is 0. The molecule has 1 atom stereocenters. The zero-order valence-electron chi connectivity index (χ0n) is 19.0. The van der Waals surface area contributed by atoms with E-state index in [1.54, 1.807) is 12.1 Å². The lowest BCUT2D eigenvalue weighted by molar-refractivity contribution is 0.0130. The lowest BCUT2D eigenvalue weighted by atomic mass is 9.75. The molecule has 5 nitrogen and oxygen atoms in total. The number of aromatic nitrogens is 1. The van der Waals surface area contributed by atoms with Crippen molar-refractivity contribution in [3.63, 3.8) is 0 Å². The molecule has 7 heteroatoms. The van der Waals surface area contributed by atoms with E-state index in [1.165, 1.54) is 36.6 Å². The number of nitrogens with one attached hydrogen (secondary N) is 1. The monoisotopic (exact) mass is 465 g/mol. The minimum atomic E-state index is -0.548. The number of hydrogen-bond donors (Lipinski definition) is 2. The molecular formula is C27H29F2N3O2. The second kappa shape index (κ2) is 8.38. The van der Waals surface area contributed by atoms with Gasteiger partial charge in [-0.15, -0.1) is 0 Å². The molecule has 1 aliphatic heterocycles. The van der Waals surface area contributed by atoms with Gasteiger partial charge >= 0.3 is 0 Å². The van der Waals surface area contributed by atoms with Crippen LogP contribution in [0.25, 0.3) is 10.9 Å². The Morgan fingerprint density at radius 1 is 1.12 bits per heavy atom. The van der Waals surface area contributed by atoms with E-state index < -0.39 is 11.7 Å². The van der Waals surface area contributed by atoms with Gasteiger partial charge in [0.2, 0.25) is 5.91 Å². The van der Waals surface area contributed by atoms with Crippen molar-refractivity contribution < 1.29 is 18.3 Å². The molecule has 2 aromatic carbocycles. The highest BCUT2D eigenvalue weighted by Gasteiger charge is 2.41. The number of carbonyl (C=O) groups is 1. The predicted molar refractivity (Wildman–Crippen MR) is 126 cm³/mol. The number of nitrogens with zero attached hydrogens (tertiary/aromatic N) is 1. The summed E-state index contributed by atoms with van der Waals surface area (Å²) in [5, 5.41) is 0.969. The van der Waals surface area contributed by atoms with E-state index in [0.717, 1.165) is 36.7 Å². The van der Waals surface area contributed by atoms with Gasteiger partial charge in [-0.3, -0.25) is 9.69 Å². The third-order valence-corrected chi connectivity index (χ3v) is 7.89. The Labute approximate surface area is 197 Å². The molecule has 2 heterocycles. The molecule has 0 saturated heterocycles. The van der Waals surface area contributed by atoms with Crippen LogP contribution in [0.1, 0.15) is 47.2 Å². The summed E-state index contributed by atoms with van der Waals surface area (Å²) in [7, 11) is 0. The van der Waals surface area contributed by atoms with Gasteiger partial charge in [-0.2, -0.15) is 0 Å². The molecule has 1 aromatic heterocycles. The Kier molecular flexibility index (Phi) is 5.32. The average Bonchev–Trinajstić information content (AvgIpc) is 3.53. The van der Waals surface area contributed by atoms with E-state index in [1.807, 2.05) is 6.20 Å². The molecule has 2 saturated carbocycles. The van der Waals surface area contributed by atoms with Gasteiger partial charge in [-0.1, -0.05) is 0 Å². The first kappa shape index (κ1) is 21.6. The molecule has 6 rings (SSSR count). The smallest absolute Gasteiger partial charge is 0.249 e. The number of carbonyl (C=O) groups excluding carboxylic acids is 1. The van der Waals surface area contributed by atoms with E-state index in [4.69, 9.17) is 10.5 Å². The second-order valence-corrected chi connectivity index (χ2v) is 10.3. The third-order valence-electron chi connectivity index (χ3n) is 7.89. The van der Waals surface area contributed by atoms with Crippen molar-refractivity contribution in [3.8, 4) is 5.75 Å². The number of rotatable bonds is 7. The Hall–Kier alpha value is -2.93. The first-order valence-electron chi connectivity index (χ1n) is 12.2. The van der Waals surface area contributed by atoms with Gasteiger partial charge in [0, 0.05) is 46.9 Å². The van der Waals surface area contributed by atoms with Gasteiger partial charge in [0.15, 0.2) is 11.6 Å². The number of fused-ring (bicyclic) bond motifs is 2. The molecule has 0 spiro atoms. The van der Waals surface area contributed by atoms with Crippen molar-refractivity contribution in [1.29, 1.82) is 0 Å². The molecule has 0 radical (unpaired) electrons. The molecular weight excluding hydrogens is 436 g/mol. The minimum absolute atomic E-state index is 0.0983. The van der Waals surface area contributed by atoms with Crippen LogP contribution in [0.2, 0.25) is 0 Å². The van der Waals surface area contributed by atoms with Crippen LogP contribution in [0.3, 0.4) is 0 Å². The van der Waals surface area contributed by atoms with Crippen LogP contribution in [0.15, 0.2) is 36.5 Å². The Morgan fingerprint density at radius 2 is 1.94 bits per heavy atom. The number of ether oxygens (including phenoxy) is 1. The van der Waals surface area contributed by atoms with Gasteiger partial charge in [0.05, 0.1) is 0 Å². The molecule has 34 heavy (non-hydrogen) atoms. The van der Waals surface area contributed by atoms with E-state index >= 15 is 0 Å². The van der Waals surface area contributed by atoms with Crippen LogP contribution < -0.4 is 10.5 Å². The van der Waals surface area contributed by atoms with Crippen molar-refractivity contribution in [1.82, 2.24) is 9.88 Å². The van der Waals surface area contributed by atoms with Crippen molar-refractivity contribution >= 4 is 16.8 Å². The van der Waals surface area contributed by atoms with Crippen LogP contribution in [0.5, 0.6) is 5.75 Å². The van der Waals surface area contributed by atoms with Crippen molar-refractivity contribution in [3.05, 3.63) is 64.9 Å². The van der Waals surface area contributed by atoms with Gasteiger partial charge < -0.3 is 15.5 Å². The normalized spacial score (nSPS) is 24.0. The summed E-state index contributed by atoms with van der Waals surface area (Å²) in [5.74, 6) is 0.237. The number of primary amides is 1. The Balaban J connectivity index is 1.17. The van der Waals surface area contributed by atoms with Crippen molar-refractivity contribution in [2.75, 3.05) is 13.2 Å². The molecule has 2 fully saturated rings. The predicted octanol–water partition coefficient (Wildman–Crippen LogP) is 4.58. The van der Waals surface area contributed by atoms with Crippen LogP contribution in [0.4, 0.5) is 8.78 Å². The first-order chi connectivity index (χ1) is 16.5. The highest BCUT2D eigenvalue weighted by atomic mass is 19.1. The molecule has 1 amide bonds. The van der Waals surface area contributed by atoms with E-state index in [-0.39, 0.29) is 17.6 Å². The fourth-order valence-corrected chi connectivity index (χ4v) is 5.84. The number of amides is 1. The van der Waals surface area contributed by atoms with Crippen molar-refractivity contribution in [2.45, 2.75) is 50.6 Å². The fraction of sp³-hybridized carbons (Fsp3) is 0.444. The summed E-state index contributed by atoms with van der Waals surface area (Å²) in [4.78, 5) is 17.8. The van der Waals surface area contributed by atoms with E-state index in [9.17, 15) is 13.6 Å². The van der Waals surface area contributed by atoms with Crippen LogP contribution >= 0.6 is 0 Å². The maximum Gasteiger partial charge on any atom is 0.249 e. The van der Waals surface area contributed by atoms with E-state index in [2.05, 4.69) is 9.88 Å². The van der Waals surface area contributed by atoms with Gasteiger partial charge in [-0.25, -0.2) is 8.78 Å². The zero-order valence-corrected chi connectivity index (χ0v) is 19.0. The standard InChI is InChI=1S/C27H29F2N3O2/c28-18-3-6-25-22(10-18)17(12-31-25)7-16-8-19(9-16)32(13-15-1-2-15)20-11-23-21(27(30)33)4-5-24(29)26(23)34-14-20/h3-6,10,12,15-16,19-20,31H,1-2,7-9,11,13-14H2,(H2,30,33)/t16?,19?,20-/m1/s1. The number of H-pyrrole nitrogens is 1. The van der Waals surface area contributed by atoms with E-state index in [0.29, 0.717) is 42.0 Å². The number of benzene rings is 2. The number of aromatic amines is 1. The lowest BCUT2D eigenvalue weighted by Gasteiger charge is -2.48. The maximum absolute atomic E-state index is 14.3. The number of halogens is 2. The molecule has 178 valence electrons. The molecule has 2 aliphatic carbocycles. The van der Waals surface area contributed by atoms with Gasteiger partial charge in [0.25, 0.3) is 0 Å². The quantitative estimate of drug-likeness (QED) is 0.537. The fourth-order valence-electron chi connectivity index (χ4n) is 5.84. The van der Waals surface area contributed by atoms with Crippen molar-refractivity contribution in [2.24, 2.45) is 17.6 Å². The highest BCUT2D eigenvalue weighted by molar-refractivity contribution is 5.95. The van der Waals surface area contributed by atoms with Crippen LogP contribution in [0, 0.1) is 23.5 Å². The van der Waals surface area contributed by atoms with Crippen LogP contribution in [-0.4, -0.2) is 41.0 Å². The summed E-state index contributed by atoms with van der Waals surface area (Å²) in [6.45, 7) is 1.43. The first-order valence-corrected chi connectivity index (χ1v) is 12.2. The van der Waals surface area contributed by atoms with Crippen LogP contribution in [-0.2, 0) is 12.8 Å². The highest BCUT2D eigenvalue weighted by Crippen LogP contribution is 2.41. The molecule has 0 unspecified atom stereocenters. The Morgan fingerprint density at radius 3 is 2.71 bits per heavy atom. The maximum atomic E-state index is 14.3. The second-order valence-electron chi connectivity index (χ2n) is 10.3. The lowest BCUT2D eigenvalue weighted by Crippen LogP contribution is -2.54. The minimum Gasteiger partial charge on any atom is -0.489 e. The molecule has 3 N–H and O–H groups in total. The zero-order chi connectivity index (χ0) is 23.4. The summed E-state index contributed by atoms with van der Waals surface area (Å²) < 4.78 is 34.0. The largest absolute Gasteiger partial charge is 0.489 e. The molecule has 3 aromatic rings. The van der Waals surface area contributed by atoms with Gasteiger partial charge in [0.1, 0.15) is 12.4 Å². The summed E-state index contributed by atoms with van der Waals surface area (Å²) in [5.41, 5.74) is 8.66. The summed E-state index contributed by atoms with van der Waals surface area (Å²) in [6.07, 6.45) is 8.15. The number of hydrogen-bond acceptors (Lipinski definition) is 3. The molecule has 3 aliphatic rings. The topological polar surface area (TPSA) is 71.4 Å². The number of nitrogens with two attached hydrogens (primary N) is 1. The summed E-state index contributed by atoms with van der Waals surface area (Å²) in [6, 6.07) is 8.15. The SMILES string of the molecule is NC(=O)c1ccc(F)c2c1C[C@@H](N(CC1CC1)C1CC(Cc3c[nH]c4ccc(F)cc34)C1)CO2. The third kappa shape index (κ3) is 3.96.